The summed E-state index contributed by atoms with van der Waals surface area (Å²) in [5.74, 6) is 1.29. The third kappa shape index (κ3) is 3.22. The Morgan fingerprint density at radius 1 is 1.38 bits per heavy atom. The molecule has 1 fully saturated rings. The minimum absolute atomic E-state index is 0.0887. The number of rotatable bonds is 5. The van der Waals surface area contributed by atoms with Gasteiger partial charge in [0.2, 0.25) is 11.8 Å². The number of imidazole rings is 1. The highest BCUT2D eigenvalue weighted by Gasteiger charge is 2.27. The van der Waals surface area contributed by atoms with Crippen molar-refractivity contribution in [2.45, 2.75) is 52.0 Å². The van der Waals surface area contributed by atoms with Crippen LogP contribution < -0.4 is 5.32 Å². The van der Waals surface area contributed by atoms with E-state index in [1.54, 1.807) is 23.9 Å². The third-order valence-corrected chi connectivity index (χ3v) is 4.72. The molecule has 0 radical (unpaired) electrons. The Balaban J connectivity index is 1.96. The number of aromatic nitrogens is 4. The van der Waals surface area contributed by atoms with Crippen molar-refractivity contribution in [3.63, 3.8) is 0 Å². The summed E-state index contributed by atoms with van der Waals surface area (Å²) in [6.45, 7) is 3.84. The van der Waals surface area contributed by atoms with Gasteiger partial charge in [-0.15, -0.1) is 0 Å². The molecule has 1 saturated carbocycles. The Kier molecular flexibility index (Phi) is 4.73. The van der Waals surface area contributed by atoms with Gasteiger partial charge in [-0.25, -0.2) is 9.97 Å². The molecule has 3 rings (SSSR count). The van der Waals surface area contributed by atoms with Gasteiger partial charge < -0.3 is 5.32 Å². The minimum Gasteiger partial charge on any atom is -0.351 e. The molecule has 0 spiro atoms. The molecule has 0 bridgehead atoms. The van der Waals surface area contributed by atoms with Crippen LogP contribution in [0.15, 0.2) is 18.7 Å². The SMILES string of the molecule is CC[C@H]1CCCC[C@H]1Nc1nc(C)c([N+](=O)[O-])c(-n2ccnc2)n1. The molecule has 2 aromatic rings. The van der Waals surface area contributed by atoms with Gasteiger partial charge in [-0.3, -0.25) is 14.7 Å². The van der Waals surface area contributed by atoms with Crippen LogP contribution >= 0.6 is 0 Å². The van der Waals surface area contributed by atoms with Gasteiger partial charge in [0, 0.05) is 18.4 Å². The van der Waals surface area contributed by atoms with Crippen molar-refractivity contribution in [3.8, 4) is 5.82 Å². The first-order chi connectivity index (χ1) is 11.6. The molecule has 2 atom stereocenters. The van der Waals surface area contributed by atoms with Crippen LogP contribution in [0.2, 0.25) is 0 Å². The Labute approximate surface area is 140 Å². The molecule has 1 aliphatic rings. The number of nitro groups is 1. The van der Waals surface area contributed by atoms with E-state index in [1.807, 2.05) is 0 Å². The molecular weight excluding hydrogens is 308 g/mol. The zero-order valence-electron chi connectivity index (χ0n) is 14.0. The highest BCUT2D eigenvalue weighted by atomic mass is 16.6. The second-order valence-electron chi connectivity index (χ2n) is 6.24. The van der Waals surface area contributed by atoms with E-state index < -0.39 is 4.92 Å². The first-order valence-electron chi connectivity index (χ1n) is 8.38. The van der Waals surface area contributed by atoms with Crippen LogP contribution in [-0.4, -0.2) is 30.5 Å². The van der Waals surface area contributed by atoms with E-state index in [-0.39, 0.29) is 11.5 Å². The number of hydrogen-bond acceptors (Lipinski definition) is 6. The predicted molar refractivity (Wildman–Crippen MR) is 90.2 cm³/mol. The second kappa shape index (κ2) is 6.94. The maximum Gasteiger partial charge on any atom is 0.333 e. The van der Waals surface area contributed by atoms with Gasteiger partial charge >= 0.3 is 5.69 Å². The summed E-state index contributed by atoms with van der Waals surface area (Å²) in [5.41, 5.74) is 0.263. The van der Waals surface area contributed by atoms with E-state index in [2.05, 4.69) is 27.2 Å². The van der Waals surface area contributed by atoms with Crippen LogP contribution in [0.4, 0.5) is 11.6 Å². The molecule has 128 valence electrons. The summed E-state index contributed by atoms with van der Waals surface area (Å²) in [6, 6.07) is 0.320. The molecule has 1 N–H and O–H groups in total. The smallest absolute Gasteiger partial charge is 0.333 e. The quantitative estimate of drug-likeness (QED) is 0.667. The Hall–Kier alpha value is -2.51. The van der Waals surface area contributed by atoms with E-state index in [4.69, 9.17) is 0 Å². The number of hydrogen-bond donors (Lipinski definition) is 1. The average molecular weight is 330 g/mol. The van der Waals surface area contributed by atoms with Gasteiger partial charge in [0.25, 0.3) is 0 Å². The maximum atomic E-state index is 11.4. The topological polar surface area (TPSA) is 98.8 Å². The number of nitrogens with one attached hydrogen (secondary N) is 1. The zero-order chi connectivity index (χ0) is 17.1. The molecule has 1 aliphatic carbocycles. The van der Waals surface area contributed by atoms with E-state index in [0.29, 0.717) is 23.6 Å². The lowest BCUT2D eigenvalue weighted by Gasteiger charge is -2.31. The molecule has 8 nitrogen and oxygen atoms in total. The molecule has 0 unspecified atom stereocenters. The highest BCUT2D eigenvalue weighted by Crippen LogP contribution is 2.30. The van der Waals surface area contributed by atoms with Crippen molar-refractivity contribution >= 4 is 11.6 Å². The fraction of sp³-hybridized carbons (Fsp3) is 0.562. The predicted octanol–water partition coefficient (Wildman–Crippen LogP) is 3.26. The molecule has 8 heteroatoms. The van der Waals surface area contributed by atoms with Gasteiger partial charge in [-0.05, 0) is 25.7 Å². The van der Waals surface area contributed by atoms with Crippen LogP contribution in [0.5, 0.6) is 0 Å². The van der Waals surface area contributed by atoms with Gasteiger partial charge in [0.15, 0.2) is 0 Å². The second-order valence-corrected chi connectivity index (χ2v) is 6.24. The van der Waals surface area contributed by atoms with E-state index in [0.717, 1.165) is 12.8 Å². The van der Waals surface area contributed by atoms with Crippen LogP contribution in [0.25, 0.3) is 5.82 Å². The largest absolute Gasteiger partial charge is 0.351 e. The van der Waals surface area contributed by atoms with Crippen LogP contribution in [-0.2, 0) is 0 Å². The average Bonchev–Trinajstić information content (AvgIpc) is 3.08. The van der Waals surface area contributed by atoms with Gasteiger partial charge in [0.05, 0.1) is 4.92 Å². The van der Waals surface area contributed by atoms with E-state index in [9.17, 15) is 10.1 Å². The summed E-state index contributed by atoms with van der Waals surface area (Å²) in [6.07, 6.45) is 10.6. The number of anilines is 1. The lowest BCUT2D eigenvalue weighted by Crippen LogP contribution is -2.32. The van der Waals surface area contributed by atoms with E-state index >= 15 is 0 Å². The number of aryl methyl sites for hydroxylation is 1. The lowest BCUT2D eigenvalue weighted by molar-refractivity contribution is -0.385. The van der Waals surface area contributed by atoms with Crippen LogP contribution in [0, 0.1) is 23.0 Å². The fourth-order valence-electron chi connectivity index (χ4n) is 3.45. The molecule has 24 heavy (non-hydrogen) atoms. The van der Waals surface area contributed by atoms with Crippen molar-refractivity contribution < 1.29 is 4.92 Å². The Morgan fingerprint density at radius 3 is 2.83 bits per heavy atom. The van der Waals surface area contributed by atoms with Crippen LogP contribution in [0.1, 0.15) is 44.7 Å². The zero-order valence-corrected chi connectivity index (χ0v) is 14.0. The summed E-state index contributed by atoms with van der Waals surface area (Å²) in [5, 5.41) is 14.8. The maximum absolute atomic E-state index is 11.4. The molecule has 0 aromatic carbocycles. The first kappa shape index (κ1) is 16.4. The first-order valence-corrected chi connectivity index (χ1v) is 8.38. The summed E-state index contributed by atoms with van der Waals surface area (Å²) in [4.78, 5) is 23.7. The monoisotopic (exact) mass is 330 g/mol. The molecule has 2 aromatic heterocycles. The fourth-order valence-corrected chi connectivity index (χ4v) is 3.45. The van der Waals surface area contributed by atoms with Gasteiger partial charge in [-0.2, -0.15) is 4.98 Å². The van der Waals surface area contributed by atoms with Crippen LogP contribution in [0.3, 0.4) is 0 Å². The normalized spacial score (nSPS) is 20.8. The molecular formula is C16H22N6O2. The van der Waals surface area contributed by atoms with Crippen molar-refractivity contribution in [2.24, 2.45) is 5.92 Å². The summed E-state index contributed by atoms with van der Waals surface area (Å²) in [7, 11) is 0. The Morgan fingerprint density at radius 2 is 2.17 bits per heavy atom. The van der Waals surface area contributed by atoms with Crippen molar-refractivity contribution in [1.82, 2.24) is 19.5 Å². The molecule has 0 saturated heterocycles. The van der Waals surface area contributed by atoms with Gasteiger partial charge in [-0.1, -0.05) is 26.2 Å². The summed E-state index contributed by atoms with van der Waals surface area (Å²) < 4.78 is 1.55. The summed E-state index contributed by atoms with van der Waals surface area (Å²) >= 11 is 0. The van der Waals surface area contributed by atoms with Gasteiger partial charge in [0.1, 0.15) is 12.0 Å². The molecule has 0 amide bonds. The van der Waals surface area contributed by atoms with E-state index in [1.165, 1.54) is 25.6 Å². The number of nitrogens with zero attached hydrogens (tertiary/aromatic N) is 5. The van der Waals surface area contributed by atoms with Crippen molar-refractivity contribution in [3.05, 3.63) is 34.5 Å². The Bertz CT molecular complexity index is 716. The standard InChI is InChI=1S/C16H22N6O2/c1-3-12-6-4-5-7-13(12)19-16-18-11(2)14(22(23)24)15(20-16)21-9-8-17-10-21/h8-10,12-13H,3-7H2,1-2H3,(H,18,19,20)/t12-,13+/m0/s1. The minimum atomic E-state index is -0.441. The van der Waals surface area contributed by atoms with Crippen molar-refractivity contribution in [2.75, 3.05) is 5.32 Å². The lowest BCUT2D eigenvalue weighted by atomic mass is 9.83. The highest BCUT2D eigenvalue weighted by molar-refractivity contribution is 5.53. The third-order valence-electron chi connectivity index (χ3n) is 4.72. The van der Waals surface area contributed by atoms with Crippen molar-refractivity contribution in [1.29, 1.82) is 0 Å². The molecule has 0 aliphatic heterocycles. The molecule has 2 heterocycles.